The van der Waals surface area contributed by atoms with Crippen LogP contribution in [0.2, 0.25) is 0 Å². The molecule has 0 spiro atoms. The Morgan fingerprint density at radius 3 is 2.43 bits per heavy atom. The molecule has 6 heteroatoms. The summed E-state index contributed by atoms with van der Waals surface area (Å²) in [7, 11) is 0. The number of fused-ring (bicyclic) bond motifs is 1. The summed E-state index contributed by atoms with van der Waals surface area (Å²) in [5.41, 5.74) is 1.98. The number of ketones is 1. The van der Waals surface area contributed by atoms with E-state index in [1.54, 1.807) is 18.2 Å². The lowest BCUT2D eigenvalue weighted by molar-refractivity contribution is -0.189. The fourth-order valence-electron chi connectivity index (χ4n) is 3.02. The predicted molar refractivity (Wildman–Crippen MR) is 80.0 cm³/mol. The molecule has 1 aromatic rings. The summed E-state index contributed by atoms with van der Waals surface area (Å²) >= 11 is 0. The Labute approximate surface area is 133 Å². The second kappa shape index (κ2) is 6.34. The molecule has 0 N–H and O–H groups in total. The van der Waals surface area contributed by atoms with E-state index in [0.29, 0.717) is 24.0 Å². The maximum Gasteiger partial charge on any atom is 0.471 e. The van der Waals surface area contributed by atoms with Crippen LogP contribution in [0, 0.1) is 5.92 Å². The van der Waals surface area contributed by atoms with Crippen LogP contribution in [0.5, 0.6) is 0 Å². The molecule has 0 radical (unpaired) electrons. The molecule has 1 amide bonds. The van der Waals surface area contributed by atoms with Gasteiger partial charge in [0.05, 0.1) is 0 Å². The highest BCUT2D eigenvalue weighted by molar-refractivity contribution is 5.94. The number of carbonyl (C=O) groups excluding carboxylic acids is 2. The quantitative estimate of drug-likeness (QED) is 0.793. The summed E-state index contributed by atoms with van der Waals surface area (Å²) in [6.45, 7) is 5.15. The highest BCUT2D eigenvalue weighted by atomic mass is 19.4. The molecule has 23 heavy (non-hydrogen) atoms. The molecule has 1 atom stereocenters. The van der Waals surface area contributed by atoms with Gasteiger partial charge in [-0.05, 0) is 42.9 Å². The zero-order valence-corrected chi connectivity index (χ0v) is 13.4. The molecule has 3 nitrogen and oxygen atoms in total. The molecule has 1 aliphatic rings. The summed E-state index contributed by atoms with van der Waals surface area (Å²) < 4.78 is 38.6. The number of alkyl halides is 3. The fourth-order valence-corrected chi connectivity index (χ4v) is 3.02. The molecule has 0 aromatic heterocycles. The largest absolute Gasteiger partial charge is 0.471 e. The Morgan fingerprint density at radius 1 is 1.26 bits per heavy atom. The summed E-state index contributed by atoms with van der Waals surface area (Å²) in [6, 6.07) is 4.60. The number of rotatable bonds is 3. The maximum absolute atomic E-state index is 12.9. The first kappa shape index (κ1) is 17.5. The highest BCUT2D eigenvalue weighted by Crippen LogP contribution is 2.31. The molecule has 0 aliphatic carbocycles. The molecule has 126 valence electrons. The van der Waals surface area contributed by atoms with Crippen molar-refractivity contribution >= 4 is 11.7 Å². The van der Waals surface area contributed by atoms with Crippen LogP contribution >= 0.6 is 0 Å². The van der Waals surface area contributed by atoms with Gasteiger partial charge in [0.15, 0.2) is 5.78 Å². The molecule has 1 aromatic carbocycles. The van der Waals surface area contributed by atoms with E-state index in [2.05, 4.69) is 0 Å². The fraction of sp³-hybridized carbons (Fsp3) is 0.529. The van der Waals surface area contributed by atoms with E-state index in [-0.39, 0.29) is 18.2 Å². The normalized spacial score (nSPS) is 18.0. The van der Waals surface area contributed by atoms with E-state index in [4.69, 9.17) is 0 Å². The number of amides is 1. The van der Waals surface area contributed by atoms with Gasteiger partial charge in [0.25, 0.3) is 0 Å². The lowest BCUT2D eigenvalue weighted by Crippen LogP contribution is -2.50. The number of nitrogens with zero attached hydrogens (tertiary/aromatic N) is 1. The van der Waals surface area contributed by atoms with Gasteiger partial charge in [0, 0.05) is 18.2 Å². The summed E-state index contributed by atoms with van der Waals surface area (Å²) in [5.74, 6) is -1.77. The zero-order valence-electron chi connectivity index (χ0n) is 13.4. The van der Waals surface area contributed by atoms with Gasteiger partial charge in [-0.2, -0.15) is 13.2 Å². The van der Waals surface area contributed by atoms with Gasteiger partial charge in [-0.15, -0.1) is 0 Å². The molecule has 1 aliphatic heterocycles. The average Bonchev–Trinajstić information content (AvgIpc) is 2.43. The van der Waals surface area contributed by atoms with Crippen molar-refractivity contribution in [3.8, 4) is 0 Å². The number of Topliss-reactive ketones (excluding diaryl/α,β-unsaturated/α-hetero) is 1. The first-order chi connectivity index (χ1) is 10.6. The third-order valence-electron chi connectivity index (χ3n) is 4.10. The molecule has 0 saturated heterocycles. The van der Waals surface area contributed by atoms with Crippen LogP contribution in [0.4, 0.5) is 13.2 Å². The van der Waals surface area contributed by atoms with Crippen LogP contribution < -0.4 is 0 Å². The van der Waals surface area contributed by atoms with Crippen molar-refractivity contribution < 1.29 is 22.8 Å². The molecule has 0 bridgehead atoms. The summed E-state index contributed by atoms with van der Waals surface area (Å²) in [5, 5.41) is 0. The van der Waals surface area contributed by atoms with Crippen LogP contribution in [-0.4, -0.2) is 28.8 Å². The zero-order chi connectivity index (χ0) is 17.4. The molecule has 1 heterocycles. The summed E-state index contributed by atoms with van der Waals surface area (Å²) in [6.07, 6.45) is -3.99. The molecule has 0 saturated carbocycles. The highest BCUT2D eigenvalue weighted by Gasteiger charge is 2.45. The predicted octanol–water partition coefficient (Wildman–Crippen LogP) is 3.75. The van der Waals surface area contributed by atoms with E-state index in [1.807, 2.05) is 13.8 Å². The van der Waals surface area contributed by atoms with Crippen LogP contribution in [0.1, 0.15) is 48.7 Å². The van der Waals surface area contributed by atoms with Gasteiger partial charge in [-0.3, -0.25) is 9.59 Å². The third kappa shape index (κ3) is 3.92. The Morgan fingerprint density at radius 2 is 1.91 bits per heavy atom. The second-order valence-electron chi connectivity index (χ2n) is 6.46. The maximum atomic E-state index is 12.9. The van der Waals surface area contributed by atoms with Gasteiger partial charge in [0.2, 0.25) is 0 Å². The lowest BCUT2D eigenvalue weighted by Gasteiger charge is -2.38. The van der Waals surface area contributed by atoms with Crippen molar-refractivity contribution in [2.24, 2.45) is 5.92 Å². The Balaban J connectivity index is 2.38. The van der Waals surface area contributed by atoms with Crippen molar-refractivity contribution in [2.45, 2.75) is 52.4 Å². The Bertz CT molecular complexity index is 623. The van der Waals surface area contributed by atoms with Crippen LogP contribution in [-0.2, 0) is 17.8 Å². The van der Waals surface area contributed by atoms with Gasteiger partial charge in [0.1, 0.15) is 0 Å². The van der Waals surface area contributed by atoms with E-state index < -0.39 is 18.1 Å². The number of halogens is 3. The van der Waals surface area contributed by atoms with Crippen molar-refractivity contribution in [3.05, 3.63) is 34.9 Å². The topological polar surface area (TPSA) is 37.4 Å². The number of hydrogen-bond acceptors (Lipinski definition) is 2. The van der Waals surface area contributed by atoms with E-state index >= 15 is 0 Å². The third-order valence-corrected chi connectivity index (χ3v) is 4.10. The van der Waals surface area contributed by atoms with E-state index in [1.165, 1.54) is 6.92 Å². The van der Waals surface area contributed by atoms with Crippen LogP contribution in [0.3, 0.4) is 0 Å². The van der Waals surface area contributed by atoms with E-state index in [9.17, 15) is 22.8 Å². The van der Waals surface area contributed by atoms with E-state index in [0.717, 1.165) is 10.5 Å². The molecular weight excluding hydrogens is 307 g/mol. The average molecular weight is 327 g/mol. The monoisotopic (exact) mass is 327 g/mol. The van der Waals surface area contributed by atoms with Gasteiger partial charge >= 0.3 is 12.1 Å². The van der Waals surface area contributed by atoms with Gasteiger partial charge in [-0.1, -0.05) is 26.0 Å². The van der Waals surface area contributed by atoms with Gasteiger partial charge in [-0.25, -0.2) is 0 Å². The molecular formula is C17H20F3NO2. The first-order valence-corrected chi connectivity index (χ1v) is 7.60. The van der Waals surface area contributed by atoms with Gasteiger partial charge < -0.3 is 4.90 Å². The number of benzene rings is 1. The minimum Gasteiger partial charge on any atom is -0.327 e. The van der Waals surface area contributed by atoms with Crippen molar-refractivity contribution in [1.82, 2.24) is 4.90 Å². The Kier molecular flexibility index (Phi) is 4.82. The van der Waals surface area contributed by atoms with Crippen molar-refractivity contribution in [3.63, 3.8) is 0 Å². The van der Waals surface area contributed by atoms with Crippen molar-refractivity contribution in [1.29, 1.82) is 0 Å². The molecule has 0 fully saturated rings. The second-order valence-corrected chi connectivity index (χ2v) is 6.46. The Hall–Kier alpha value is -1.85. The SMILES string of the molecule is CC(=O)c1ccc2c(c1)CN(C(=O)C(F)(F)F)C(CC(C)C)C2. The smallest absolute Gasteiger partial charge is 0.327 e. The minimum atomic E-state index is -4.88. The molecule has 1 unspecified atom stereocenters. The summed E-state index contributed by atoms with van der Waals surface area (Å²) in [4.78, 5) is 24.1. The first-order valence-electron chi connectivity index (χ1n) is 7.60. The minimum absolute atomic E-state index is 0.105. The standard InChI is InChI=1S/C17H20F3NO2/c1-10(2)6-15-8-13-5-4-12(11(3)22)7-14(13)9-21(15)16(23)17(18,19)20/h4-5,7,10,15H,6,8-9H2,1-3H3. The lowest BCUT2D eigenvalue weighted by atomic mass is 9.88. The van der Waals surface area contributed by atoms with Crippen LogP contribution in [0.15, 0.2) is 18.2 Å². The number of hydrogen-bond donors (Lipinski definition) is 0. The van der Waals surface area contributed by atoms with Crippen molar-refractivity contribution in [2.75, 3.05) is 0 Å². The molecule has 2 rings (SSSR count). The van der Waals surface area contributed by atoms with Crippen LogP contribution in [0.25, 0.3) is 0 Å². The number of carbonyl (C=O) groups is 2.